The van der Waals surface area contributed by atoms with Crippen molar-refractivity contribution < 1.29 is 4.79 Å². The summed E-state index contributed by atoms with van der Waals surface area (Å²) in [4.78, 5) is 11.1. The Labute approximate surface area is 97.1 Å². The number of carbonyl (C=O) groups excluding carboxylic acids is 1. The maximum Gasteiger partial charge on any atom is 0.159 e. The van der Waals surface area contributed by atoms with Crippen molar-refractivity contribution in [2.45, 2.75) is 39.2 Å². The minimum Gasteiger partial charge on any atom is -0.383 e. The van der Waals surface area contributed by atoms with Crippen LogP contribution in [-0.4, -0.2) is 11.8 Å². The molecule has 0 heterocycles. The minimum absolute atomic E-state index is 0.123. The smallest absolute Gasteiger partial charge is 0.159 e. The number of hydrogen-bond donors (Lipinski definition) is 1. The molecule has 16 heavy (non-hydrogen) atoms. The Morgan fingerprint density at radius 1 is 1.38 bits per heavy atom. The summed E-state index contributed by atoms with van der Waals surface area (Å²) in [6.45, 7) is 3.81. The lowest BCUT2D eigenvalue weighted by molar-refractivity contribution is 0.101. The molecule has 1 fully saturated rings. The molecule has 86 valence electrons. The van der Waals surface area contributed by atoms with Crippen molar-refractivity contribution in [2.24, 2.45) is 5.92 Å². The summed E-state index contributed by atoms with van der Waals surface area (Å²) in [6, 6.07) is 8.26. The second kappa shape index (κ2) is 4.69. The molecular weight excluding hydrogens is 198 g/mol. The van der Waals surface area contributed by atoms with Gasteiger partial charge in [-0.05, 0) is 50.5 Å². The van der Waals surface area contributed by atoms with Crippen LogP contribution in [0, 0.1) is 5.92 Å². The molecule has 1 saturated carbocycles. The topological polar surface area (TPSA) is 29.1 Å². The Kier molecular flexibility index (Phi) is 3.28. The lowest BCUT2D eigenvalue weighted by Gasteiger charge is -2.14. The number of ketones is 1. The fourth-order valence-corrected chi connectivity index (χ4v) is 2.00. The van der Waals surface area contributed by atoms with E-state index in [4.69, 9.17) is 0 Å². The van der Waals surface area contributed by atoms with Gasteiger partial charge in [0.25, 0.3) is 0 Å². The highest BCUT2D eigenvalue weighted by Crippen LogP contribution is 2.34. The molecule has 0 bridgehead atoms. The molecule has 2 rings (SSSR count). The molecule has 1 aromatic carbocycles. The van der Waals surface area contributed by atoms with Crippen LogP contribution in [0.1, 0.15) is 43.5 Å². The lowest BCUT2D eigenvalue weighted by atomic mass is 10.1. The van der Waals surface area contributed by atoms with Crippen molar-refractivity contribution in [1.82, 2.24) is 0 Å². The molecular formula is C14H19NO. The van der Waals surface area contributed by atoms with E-state index in [0.717, 1.165) is 17.2 Å². The van der Waals surface area contributed by atoms with Crippen LogP contribution in [0.15, 0.2) is 24.3 Å². The first-order chi connectivity index (χ1) is 7.65. The van der Waals surface area contributed by atoms with Crippen LogP contribution in [-0.2, 0) is 0 Å². The number of hydrogen-bond acceptors (Lipinski definition) is 2. The first-order valence-corrected chi connectivity index (χ1v) is 6.02. The van der Waals surface area contributed by atoms with Crippen LogP contribution < -0.4 is 5.32 Å². The fraction of sp³-hybridized carbons (Fsp3) is 0.500. The first kappa shape index (κ1) is 11.2. The molecule has 1 aliphatic rings. The first-order valence-electron chi connectivity index (χ1n) is 6.02. The molecule has 1 atom stereocenters. The summed E-state index contributed by atoms with van der Waals surface area (Å²) in [5.41, 5.74) is 1.89. The van der Waals surface area contributed by atoms with E-state index in [0.29, 0.717) is 6.04 Å². The number of anilines is 1. The molecule has 1 aliphatic carbocycles. The predicted molar refractivity (Wildman–Crippen MR) is 66.9 cm³/mol. The zero-order valence-electron chi connectivity index (χ0n) is 9.99. The van der Waals surface area contributed by atoms with Gasteiger partial charge in [-0.2, -0.15) is 0 Å². The third-order valence-electron chi connectivity index (χ3n) is 3.09. The third-order valence-corrected chi connectivity index (χ3v) is 3.09. The van der Waals surface area contributed by atoms with Gasteiger partial charge in [-0.1, -0.05) is 12.8 Å². The summed E-state index contributed by atoms with van der Waals surface area (Å²) in [7, 11) is 0. The molecule has 0 radical (unpaired) electrons. The van der Waals surface area contributed by atoms with Crippen LogP contribution in [0.5, 0.6) is 0 Å². The summed E-state index contributed by atoms with van der Waals surface area (Å²) in [6.07, 6.45) is 4.05. The monoisotopic (exact) mass is 217 g/mol. The van der Waals surface area contributed by atoms with Crippen LogP contribution in [0.2, 0.25) is 0 Å². The average molecular weight is 217 g/mol. The highest BCUT2D eigenvalue weighted by Gasteiger charge is 2.23. The van der Waals surface area contributed by atoms with E-state index < -0.39 is 0 Å². The van der Waals surface area contributed by atoms with Gasteiger partial charge in [-0.3, -0.25) is 4.79 Å². The van der Waals surface area contributed by atoms with Crippen molar-refractivity contribution in [3.63, 3.8) is 0 Å². The van der Waals surface area contributed by atoms with Crippen LogP contribution in [0.4, 0.5) is 5.69 Å². The van der Waals surface area contributed by atoms with E-state index in [-0.39, 0.29) is 5.78 Å². The van der Waals surface area contributed by atoms with Crippen LogP contribution in [0.3, 0.4) is 0 Å². The van der Waals surface area contributed by atoms with E-state index in [2.05, 4.69) is 12.2 Å². The van der Waals surface area contributed by atoms with Crippen molar-refractivity contribution >= 4 is 11.5 Å². The van der Waals surface area contributed by atoms with E-state index >= 15 is 0 Å². The van der Waals surface area contributed by atoms with Gasteiger partial charge in [0.15, 0.2) is 5.78 Å². The van der Waals surface area contributed by atoms with Gasteiger partial charge in [0.1, 0.15) is 0 Å². The zero-order valence-corrected chi connectivity index (χ0v) is 9.99. The lowest BCUT2D eigenvalue weighted by Crippen LogP contribution is -2.15. The van der Waals surface area contributed by atoms with Crippen LogP contribution >= 0.6 is 0 Å². The van der Waals surface area contributed by atoms with Gasteiger partial charge in [0.2, 0.25) is 0 Å². The van der Waals surface area contributed by atoms with E-state index in [1.807, 2.05) is 24.3 Å². The van der Waals surface area contributed by atoms with E-state index in [9.17, 15) is 4.79 Å². The maximum atomic E-state index is 11.1. The highest BCUT2D eigenvalue weighted by molar-refractivity contribution is 5.94. The molecule has 1 N–H and O–H groups in total. The van der Waals surface area contributed by atoms with Crippen molar-refractivity contribution in [3.05, 3.63) is 29.8 Å². The van der Waals surface area contributed by atoms with Crippen molar-refractivity contribution in [2.75, 3.05) is 5.32 Å². The molecule has 1 aromatic rings. The molecule has 0 spiro atoms. The van der Waals surface area contributed by atoms with Crippen molar-refractivity contribution in [3.8, 4) is 0 Å². The van der Waals surface area contributed by atoms with Gasteiger partial charge >= 0.3 is 0 Å². The minimum atomic E-state index is 0.123. The summed E-state index contributed by atoms with van der Waals surface area (Å²) < 4.78 is 0. The van der Waals surface area contributed by atoms with Gasteiger partial charge in [0, 0.05) is 17.3 Å². The standard InChI is InChI=1S/C14H19NO/c1-10(9-12-3-4-12)15-14-7-5-13(6-8-14)11(2)16/h5-8,10,12,15H,3-4,9H2,1-2H3. The zero-order chi connectivity index (χ0) is 11.5. The summed E-state index contributed by atoms with van der Waals surface area (Å²) >= 11 is 0. The molecule has 2 heteroatoms. The second-order valence-electron chi connectivity index (χ2n) is 4.86. The molecule has 0 aromatic heterocycles. The van der Waals surface area contributed by atoms with Gasteiger partial charge in [0.05, 0.1) is 0 Å². The highest BCUT2D eigenvalue weighted by atomic mass is 16.1. The Bertz CT molecular complexity index is 365. The van der Waals surface area contributed by atoms with Crippen LogP contribution in [0.25, 0.3) is 0 Å². The molecule has 0 amide bonds. The molecule has 2 nitrogen and oxygen atoms in total. The number of Topliss-reactive ketones (excluding diaryl/α,β-unsaturated/α-hetero) is 1. The number of carbonyl (C=O) groups is 1. The average Bonchev–Trinajstić information content (AvgIpc) is 3.02. The third kappa shape index (κ3) is 3.09. The quantitative estimate of drug-likeness (QED) is 0.765. The number of benzene rings is 1. The second-order valence-corrected chi connectivity index (χ2v) is 4.86. The summed E-state index contributed by atoms with van der Waals surface area (Å²) in [5.74, 6) is 1.07. The van der Waals surface area contributed by atoms with Crippen molar-refractivity contribution in [1.29, 1.82) is 0 Å². The Hall–Kier alpha value is -1.31. The molecule has 0 saturated heterocycles. The molecule has 1 unspecified atom stereocenters. The fourth-order valence-electron chi connectivity index (χ4n) is 2.00. The Morgan fingerprint density at radius 3 is 2.50 bits per heavy atom. The summed E-state index contributed by atoms with van der Waals surface area (Å²) in [5, 5.41) is 3.47. The van der Waals surface area contributed by atoms with E-state index in [1.54, 1.807) is 6.92 Å². The van der Waals surface area contributed by atoms with E-state index in [1.165, 1.54) is 19.3 Å². The SMILES string of the molecule is CC(=O)c1ccc(NC(C)CC2CC2)cc1. The normalized spacial score (nSPS) is 16.9. The Balaban J connectivity index is 1.90. The Morgan fingerprint density at radius 2 is 2.00 bits per heavy atom. The van der Waals surface area contributed by atoms with Gasteiger partial charge in [-0.25, -0.2) is 0 Å². The van der Waals surface area contributed by atoms with Gasteiger partial charge in [-0.15, -0.1) is 0 Å². The largest absolute Gasteiger partial charge is 0.383 e. The number of rotatable bonds is 5. The predicted octanol–water partition coefficient (Wildman–Crippen LogP) is 3.49. The molecule has 0 aliphatic heterocycles. The maximum absolute atomic E-state index is 11.1. The van der Waals surface area contributed by atoms with Gasteiger partial charge < -0.3 is 5.32 Å². The number of nitrogens with one attached hydrogen (secondary N) is 1.